The van der Waals surface area contributed by atoms with Gasteiger partial charge in [-0.2, -0.15) is 0 Å². The van der Waals surface area contributed by atoms with E-state index in [4.69, 9.17) is 9.47 Å². The first-order valence-electron chi connectivity index (χ1n) is 11.0. The molecule has 3 rings (SSSR count). The second kappa shape index (κ2) is 11.8. The van der Waals surface area contributed by atoms with Crippen LogP contribution in [-0.4, -0.2) is 65.7 Å². The van der Waals surface area contributed by atoms with Crippen LogP contribution >= 0.6 is 11.3 Å². The Bertz CT molecular complexity index is 806. The summed E-state index contributed by atoms with van der Waals surface area (Å²) in [6.45, 7) is 8.11. The average Bonchev–Trinajstić information content (AvgIpc) is 3.23. The molecule has 1 atom stereocenters. The summed E-state index contributed by atoms with van der Waals surface area (Å²) in [4.78, 5) is 6.81. The molecule has 1 saturated heterocycles. The molecule has 0 amide bonds. The summed E-state index contributed by atoms with van der Waals surface area (Å²) < 4.78 is 11.3. The largest absolute Gasteiger partial charge is 0.493 e. The fourth-order valence-electron chi connectivity index (χ4n) is 3.58. The number of likely N-dealkylation sites (tertiary alicyclic amines) is 1. The normalized spacial score (nSPS) is 16.6. The molecule has 1 aromatic heterocycles. The van der Waals surface area contributed by atoms with Crippen LogP contribution in [0.4, 0.5) is 0 Å². The van der Waals surface area contributed by atoms with Crippen LogP contribution in [0.5, 0.6) is 11.5 Å². The van der Waals surface area contributed by atoms with E-state index in [1.165, 1.54) is 5.01 Å². The third-order valence-electron chi connectivity index (χ3n) is 5.38. The molecular weight excluding hydrogens is 414 g/mol. The number of aromatic nitrogens is 1. The molecule has 31 heavy (non-hydrogen) atoms. The predicted molar refractivity (Wildman–Crippen MR) is 123 cm³/mol. The average molecular weight is 450 g/mol. The molecule has 0 saturated carbocycles. The molecule has 2 aromatic rings. The number of rotatable bonds is 11. The van der Waals surface area contributed by atoms with E-state index >= 15 is 0 Å². The highest BCUT2D eigenvalue weighted by atomic mass is 32.1. The molecule has 0 unspecified atom stereocenters. The van der Waals surface area contributed by atoms with Crippen molar-refractivity contribution in [2.45, 2.75) is 57.9 Å². The van der Waals surface area contributed by atoms with E-state index in [9.17, 15) is 10.2 Å². The summed E-state index contributed by atoms with van der Waals surface area (Å²) in [5.74, 6) is 1.74. The molecule has 0 aliphatic carbocycles. The highest BCUT2D eigenvalue weighted by Gasteiger charge is 2.20. The van der Waals surface area contributed by atoms with Crippen molar-refractivity contribution in [3.63, 3.8) is 0 Å². The van der Waals surface area contributed by atoms with Crippen molar-refractivity contribution in [2.75, 3.05) is 33.4 Å². The molecule has 1 fully saturated rings. The first kappa shape index (κ1) is 23.9. The molecule has 2 heterocycles. The van der Waals surface area contributed by atoms with Gasteiger partial charge in [0.05, 0.1) is 23.9 Å². The summed E-state index contributed by atoms with van der Waals surface area (Å²) in [6, 6.07) is 5.85. The second-order valence-electron chi connectivity index (χ2n) is 8.42. The van der Waals surface area contributed by atoms with Gasteiger partial charge in [-0.3, -0.25) is 0 Å². The van der Waals surface area contributed by atoms with Crippen molar-refractivity contribution >= 4 is 11.3 Å². The summed E-state index contributed by atoms with van der Waals surface area (Å²) >= 11 is 1.71. The van der Waals surface area contributed by atoms with Gasteiger partial charge < -0.3 is 29.9 Å². The standard InChI is InChI=1S/C23H35N3O4S/c1-16(2)23-25-18(15-31-23)12-24-11-17-4-5-21(22(10-17)29-3)30-14-20(28)13-26-8-6-19(27)7-9-26/h4-5,10,15-16,19-20,24,27-28H,6-9,11-14H2,1-3H3/t20-/m0/s1. The van der Waals surface area contributed by atoms with Crippen LogP contribution < -0.4 is 14.8 Å². The van der Waals surface area contributed by atoms with E-state index < -0.39 is 6.10 Å². The van der Waals surface area contributed by atoms with Gasteiger partial charge in [0.2, 0.25) is 0 Å². The molecule has 0 bridgehead atoms. The molecule has 0 spiro atoms. The molecular formula is C23H35N3O4S. The SMILES string of the molecule is COc1cc(CNCc2csc(C(C)C)n2)ccc1OC[C@@H](O)CN1CCC(O)CC1. The number of hydrogen-bond donors (Lipinski definition) is 3. The molecule has 0 radical (unpaired) electrons. The number of thiazole rings is 1. The van der Waals surface area contributed by atoms with Crippen molar-refractivity contribution < 1.29 is 19.7 Å². The number of ether oxygens (including phenoxy) is 2. The Balaban J connectivity index is 1.45. The van der Waals surface area contributed by atoms with Gasteiger partial charge in [-0.05, 0) is 30.5 Å². The maximum atomic E-state index is 10.3. The number of piperidine rings is 1. The number of aliphatic hydroxyl groups is 2. The monoisotopic (exact) mass is 449 g/mol. The lowest BCUT2D eigenvalue weighted by atomic mass is 10.1. The third kappa shape index (κ3) is 7.43. The van der Waals surface area contributed by atoms with Crippen molar-refractivity contribution in [3.05, 3.63) is 39.8 Å². The number of aliphatic hydroxyl groups excluding tert-OH is 2. The maximum Gasteiger partial charge on any atom is 0.161 e. The Kier molecular flexibility index (Phi) is 9.10. The highest BCUT2D eigenvalue weighted by molar-refractivity contribution is 7.09. The molecule has 3 N–H and O–H groups in total. The minimum Gasteiger partial charge on any atom is -0.493 e. The van der Waals surface area contributed by atoms with E-state index in [0.717, 1.165) is 43.7 Å². The number of nitrogens with zero attached hydrogens (tertiary/aromatic N) is 2. The quantitative estimate of drug-likeness (QED) is 0.486. The van der Waals surface area contributed by atoms with Crippen LogP contribution in [0.15, 0.2) is 23.6 Å². The summed E-state index contributed by atoms with van der Waals surface area (Å²) in [7, 11) is 1.62. The van der Waals surface area contributed by atoms with Crippen LogP contribution in [0.2, 0.25) is 0 Å². The Morgan fingerprint density at radius 3 is 2.68 bits per heavy atom. The van der Waals surface area contributed by atoms with Crippen LogP contribution in [0.25, 0.3) is 0 Å². The number of nitrogens with one attached hydrogen (secondary N) is 1. The summed E-state index contributed by atoms with van der Waals surface area (Å²) in [5.41, 5.74) is 2.16. The number of β-amino-alcohol motifs (C(OH)–C–C–N with tert-alkyl or cyclic N) is 1. The van der Waals surface area contributed by atoms with Crippen LogP contribution in [0.1, 0.15) is 48.9 Å². The third-order valence-corrected chi connectivity index (χ3v) is 6.58. The molecule has 1 aromatic carbocycles. The van der Waals surface area contributed by atoms with Gasteiger partial charge in [-0.15, -0.1) is 11.3 Å². The lowest BCUT2D eigenvalue weighted by Gasteiger charge is -2.30. The van der Waals surface area contributed by atoms with Crippen LogP contribution in [0, 0.1) is 0 Å². The maximum absolute atomic E-state index is 10.3. The summed E-state index contributed by atoms with van der Waals surface area (Å²) in [6.07, 6.45) is 0.729. The number of methoxy groups -OCH3 is 1. The first-order valence-corrected chi connectivity index (χ1v) is 11.9. The molecule has 7 nitrogen and oxygen atoms in total. The zero-order valence-corrected chi connectivity index (χ0v) is 19.5. The van der Waals surface area contributed by atoms with Gasteiger partial charge >= 0.3 is 0 Å². The predicted octanol–water partition coefficient (Wildman–Crippen LogP) is 2.76. The minimum atomic E-state index is -0.588. The van der Waals surface area contributed by atoms with Gasteiger partial charge in [0.25, 0.3) is 0 Å². The zero-order chi connectivity index (χ0) is 22.2. The van der Waals surface area contributed by atoms with Gasteiger partial charge in [-0.1, -0.05) is 19.9 Å². The minimum absolute atomic E-state index is 0.203. The number of benzene rings is 1. The van der Waals surface area contributed by atoms with Gasteiger partial charge in [0, 0.05) is 44.0 Å². The van der Waals surface area contributed by atoms with Gasteiger partial charge in [0.15, 0.2) is 11.5 Å². The van der Waals surface area contributed by atoms with E-state index in [2.05, 4.69) is 34.4 Å². The Morgan fingerprint density at radius 2 is 2.00 bits per heavy atom. The van der Waals surface area contributed by atoms with E-state index in [0.29, 0.717) is 30.5 Å². The van der Waals surface area contributed by atoms with Crippen molar-refractivity contribution in [1.82, 2.24) is 15.2 Å². The molecule has 8 heteroatoms. The topological polar surface area (TPSA) is 87.1 Å². The molecule has 172 valence electrons. The smallest absolute Gasteiger partial charge is 0.161 e. The van der Waals surface area contributed by atoms with Crippen molar-refractivity contribution in [3.8, 4) is 11.5 Å². The fourth-order valence-corrected chi connectivity index (χ4v) is 4.42. The lowest BCUT2D eigenvalue weighted by molar-refractivity contribution is 0.0333. The Morgan fingerprint density at radius 1 is 1.23 bits per heavy atom. The van der Waals surface area contributed by atoms with Gasteiger partial charge in [0.1, 0.15) is 12.7 Å². The highest BCUT2D eigenvalue weighted by Crippen LogP contribution is 2.28. The fraction of sp³-hybridized carbons (Fsp3) is 0.609. The van der Waals surface area contributed by atoms with E-state index in [-0.39, 0.29) is 12.7 Å². The molecule has 1 aliphatic heterocycles. The molecule has 1 aliphatic rings. The van der Waals surface area contributed by atoms with Crippen molar-refractivity contribution in [2.24, 2.45) is 0 Å². The van der Waals surface area contributed by atoms with E-state index in [1.54, 1.807) is 18.4 Å². The Labute approximate surface area is 189 Å². The van der Waals surface area contributed by atoms with Crippen molar-refractivity contribution in [1.29, 1.82) is 0 Å². The van der Waals surface area contributed by atoms with Crippen LogP contribution in [0.3, 0.4) is 0 Å². The zero-order valence-electron chi connectivity index (χ0n) is 18.7. The number of hydrogen-bond acceptors (Lipinski definition) is 8. The second-order valence-corrected chi connectivity index (χ2v) is 9.31. The van der Waals surface area contributed by atoms with Crippen LogP contribution in [-0.2, 0) is 13.1 Å². The first-order chi connectivity index (χ1) is 14.9. The summed E-state index contributed by atoms with van der Waals surface area (Å²) in [5, 5.41) is 26.6. The lowest BCUT2D eigenvalue weighted by Crippen LogP contribution is -2.41. The Hall–Kier alpha value is -1.71. The van der Waals surface area contributed by atoms with Gasteiger partial charge in [-0.25, -0.2) is 4.98 Å². The van der Waals surface area contributed by atoms with E-state index in [1.807, 2.05) is 18.2 Å².